The molecule has 2 N–H and O–H groups in total. The summed E-state index contributed by atoms with van der Waals surface area (Å²) in [6, 6.07) is 9.49. The van der Waals surface area contributed by atoms with Crippen LogP contribution in [0.3, 0.4) is 0 Å². The van der Waals surface area contributed by atoms with E-state index in [4.69, 9.17) is 5.73 Å². The largest absolute Gasteiger partial charge is 0.329 e. The second kappa shape index (κ2) is 6.77. The smallest absolute Gasteiger partial charge is 0.0475 e. The van der Waals surface area contributed by atoms with Gasteiger partial charge < -0.3 is 5.73 Å². The minimum absolute atomic E-state index is 0.344. The van der Waals surface area contributed by atoms with Crippen molar-refractivity contribution in [3.8, 4) is 0 Å². The third kappa shape index (κ3) is 3.30. The minimum atomic E-state index is 0.344. The molecule has 1 aromatic carbocycles. The van der Waals surface area contributed by atoms with Gasteiger partial charge in [0.2, 0.25) is 0 Å². The van der Waals surface area contributed by atoms with E-state index in [1.54, 1.807) is 0 Å². The van der Waals surface area contributed by atoms with Crippen molar-refractivity contribution in [1.29, 1.82) is 0 Å². The molecule has 0 fully saturated rings. The summed E-state index contributed by atoms with van der Waals surface area (Å²) >= 11 is 0. The fourth-order valence-electron chi connectivity index (χ4n) is 2.48. The molecule has 2 atom stereocenters. The Morgan fingerprint density at radius 3 is 2.35 bits per heavy atom. The van der Waals surface area contributed by atoms with Crippen LogP contribution in [-0.4, -0.2) is 24.0 Å². The molecule has 0 saturated carbocycles. The Morgan fingerprint density at radius 1 is 1.24 bits per heavy atom. The number of nitrogens with two attached hydrogens (primary N) is 1. The van der Waals surface area contributed by atoms with Crippen molar-refractivity contribution in [2.75, 3.05) is 13.1 Å². The van der Waals surface area contributed by atoms with Gasteiger partial charge in [0.25, 0.3) is 0 Å². The Morgan fingerprint density at radius 2 is 1.88 bits per heavy atom. The SMILES string of the molecule is CCC(C)N(CC)C(CN)c1ccccc1C. The van der Waals surface area contributed by atoms with Gasteiger partial charge in [-0.2, -0.15) is 0 Å². The van der Waals surface area contributed by atoms with Crippen molar-refractivity contribution >= 4 is 0 Å². The van der Waals surface area contributed by atoms with Gasteiger partial charge >= 0.3 is 0 Å². The van der Waals surface area contributed by atoms with Crippen LogP contribution < -0.4 is 5.73 Å². The lowest BCUT2D eigenvalue weighted by Crippen LogP contribution is -2.40. The van der Waals surface area contributed by atoms with Crippen LogP contribution in [0.2, 0.25) is 0 Å². The highest BCUT2D eigenvalue weighted by Crippen LogP contribution is 2.25. The Bertz CT molecular complexity index is 335. The average Bonchev–Trinajstić information content (AvgIpc) is 2.36. The molecule has 0 aliphatic carbocycles. The molecule has 0 saturated heterocycles. The summed E-state index contributed by atoms with van der Waals surface area (Å²) in [5.74, 6) is 0. The van der Waals surface area contributed by atoms with Crippen molar-refractivity contribution in [3.05, 3.63) is 35.4 Å². The Balaban J connectivity index is 3.01. The lowest BCUT2D eigenvalue weighted by Gasteiger charge is -2.35. The highest BCUT2D eigenvalue weighted by molar-refractivity contribution is 5.29. The Kier molecular flexibility index (Phi) is 5.66. The summed E-state index contributed by atoms with van der Waals surface area (Å²) in [5.41, 5.74) is 8.71. The number of nitrogens with zero attached hydrogens (tertiary/aromatic N) is 1. The van der Waals surface area contributed by atoms with E-state index in [1.807, 2.05) is 0 Å². The summed E-state index contributed by atoms with van der Waals surface area (Å²) in [6.07, 6.45) is 1.16. The predicted molar refractivity (Wildman–Crippen MR) is 75.1 cm³/mol. The standard InChI is InChI=1S/C15H26N2/c1-5-13(4)17(6-2)15(11-16)14-10-8-7-9-12(14)3/h7-10,13,15H,5-6,11,16H2,1-4H3. The first kappa shape index (κ1) is 14.2. The molecular formula is C15H26N2. The van der Waals surface area contributed by atoms with Crippen LogP contribution in [-0.2, 0) is 0 Å². The van der Waals surface area contributed by atoms with Crippen LogP contribution in [0.25, 0.3) is 0 Å². The molecule has 2 heteroatoms. The summed E-state index contributed by atoms with van der Waals surface area (Å²) in [7, 11) is 0. The van der Waals surface area contributed by atoms with Crippen molar-refractivity contribution in [2.24, 2.45) is 5.73 Å². The third-order valence-corrected chi connectivity index (χ3v) is 3.69. The topological polar surface area (TPSA) is 29.3 Å². The fraction of sp³-hybridized carbons (Fsp3) is 0.600. The summed E-state index contributed by atoms with van der Waals surface area (Å²) in [4.78, 5) is 2.50. The van der Waals surface area contributed by atoms with Gasteiger partial charge in [0.05, 0.1) is 0 Å². The monoisotopic (exact) mass is 234 g/mol. The molecule has 0 radical (unpaired) electrons. The lowest BCUT2D eigenvalue weighted by molar-refractivity contribution is 0.151. The first-order chi connectivity index (χ1) is 8.15. The van der Waals surface area contributed by atoms with E-state index in [0.717, 1.165) is 13.0 Å². The van der Waals surface area contributed by atoms with Crippen molar-refractivity contribution in [2.45, 2.75) is 46.2 Å². The molecule has 0 aromatic heterocycles. The lowest BCUT2D eigenvalue weighted by atomic mass is 9.98. The van der Waals surface area contributed by atoms with Crippen LogP contribution in [0.15, 0.2) is 24.3 Å². The third-order valence-electron chi connectivity index (χ3n) is 3.69. The first-order valence-electron chi connectivity index (χ1n) is 6.66. The maximum absolute atomic E-state index is 6.00. The normalized spacial score (nSPS) is 14.9. The van der Waals surface area contributed by atoms with Gasteiger partial charge in [0.1, 0.15) is 0 Å². The zero-order valence-corrected chi connectivity index (χ0v) is 11.6. The van der Waals surface area contributed by atoms with Gasteiger partial charge in [0.15, 0.2) is 0 Å². The molecule has 0 spiro atoms. The maximum atomic E-state index is 6.00. The number of hydrogen-bond acceptors (Lipinski definition) is 2. The molecule has 1 rings (SSSR count). The van der Waals surface area contributed by atoms with E-state index < -0.39 is 0 Å². The highest BCUT2D eigenvalue weighted by atomic mass is 15.2. The van der Waals surface area contributed by atoms with Crippen molar-refractivity contribution in [3.63, 3.8) is 0 Å². The maximum Gasteiger partial charge on any atom is 0.0475 e. The van der Waals surface area contributed by atoms with Gasteiger partial charge in [-0.3, -0.25) is 4.90 Å². The molecule has 0 aliphatic rings. The fourth-order valence-corrected chi connectivity index (χ4v) is 2.48. The van der Waals surface area contributed by atoms with E-state index in [2.05, 4.69) is 56.9 Å². The van der Waals surface area contributed by atoms with E-state index in [1.165, 1.54) is 11.1 Å². The van der Waals surface area contributed by atoms with Gasteiger partial charge in [-0.15, -0.1) is 0 Å². The predicted octanol–water partition coefficient (Wildman–Crippen LogP) is 3.12. The van der Waals surface area contributed by atoms with Crippen LogP contribution in [0.5, 0.6) is 0 Å². The molecule has 96 valence electrons. The molecular weight excluding hydrogens is 208 g/mol. The van der Waals surface area contributed by atoms with E-state index in [-0.39, 0.29) is 0 Å². The van der Waals surface area contributed by atoms with Gasteiger partial charge in [0, 0.05) is 18.6 Å². The second-order valence-electron chi connectivity index (χ2n) is 4.70. The van der Waals surface area contributed by atoms with Crippen LogP contribution >= 0.6 is 0 Å². The number of hydrogen-bond donors (Lipinski definition) is 1. The van der Waals surface area contributed by atoms with E-state index >= 15 is 0 Å². The molecule has 17 heavy (non-hydrogen) atoms. The molecule has 2 unspecified atom stereocenters. The summed E-state index contributed by atoms with van der Waals surface area (Å²) in [6.45, 7) is 10.6. The second-order valence-corrected chi connectivity index (χ2v) is 4.70. The molecule has 0 amide bonds. The average molecular weight is 234 g/mol. The number of likely N-dealkylation sites (N-methyl/N-ethyl adjacent to an activating group) is 1. The molecule has 1 aromatic rings. The number of benzene rings is 1. The van der Waals surface area contributed by atoms with Crippen LogP contribution in [0.1, 0.15) is 44.4 Å². The summed E-state index contributed by atoms with van der Waals surface area (Å²) in [5, 5.41) is 0. The van der Waals surface area contributed by atoms with Gasteiger partial charge in [-0.1, -0.05) is 38.1 Å². The molecule has 0 bridgehead atoms. The van der Waals surface area contributed by atoms with Crippen LogP contribution in [0, 0.1) is 6.92 Å². The quantitative estimate of drug-likeness (QED) is 0.819. The van der Waals surface area contributed by atoms with Gasteiger partial charge in [-0.25, -0.2) is 0 Å². The number of rotatable bonds is 6. The van der Waals surface area contributed by atoms with E-state index in [0.29, 0.717) is 18.6 Å². The highest BCUT2D eigenvalue weighted by Gasteiger charge is 2.22. The molecule has 2 nitrogen and oxygen atoms in total. The van der Waals surface area contributed by atoms with Crippen molar-refractivity contribution < 1.29 is 0 Å². The summed E-state index contributed by atoms with van der Waals surface area (Å²) < 4.78 is 0. The molecule has 0 aliphatic heterocycles. The Labute approximate surface area is 106 Å². The van der Waals surface area contributed by atoms with Crippen LogP contribution in [0.4, 0.5) is 0 Å². The molecule has 0 heterocycles. The van der Waals surface area contributed by atoms with Gasteiger partial charge in [-0.05, 0) is 37.9 Å². The zero-order chi connectivity index (χ0) is 12.8. The zero-order valence-electron chi connectivity index (χ0n) is 11.6. The minimum Gasteiger partial charge on any atom is -0.329 e. The Hall–Kier alpha value is -0.860. The first-order valence-corrected chi connectivity index (χ1v) is 6.66. The van der Waals surface area contributed by atoms with E-state index in [9.17, 15) is 0 Å². The van der Waals surface area contributed by atoms with Crippen molar-refractivity contribution in [1.82, 2.24) is 4.90 Å². The number of aryl methyl sites for hydroxylation is 1.